The second-order valence-corrected chi connectivity index (χ2v) is 11.3. The van der Waals surface area contributed by atoms with Gasteiger partial charge in [-0.15, -0.1) is 5.92 Å². The van der Waals surface area contributed by atoms with Crippen molar-refractivity contribution >= 4 is 11.9 Å². The van der Waals surface area contributed by atoms with E-state index < -0.39 is 17.6 Å². The number of hydrogen-bond donors (Lipinski definition) is 5. The lowest BCUT2D eigenvalue weighted by Crippen LogP contribution is -2.50. The SMILES string of the molecule is CN=C(N)NC1C=CCCC12C#CCC(Cc1ccc(O)c(OC3CCNCC3)c1)C(OC(C)=O)CC(O)CC2. The Morgan fingerprint density at radius 2 is 2.08 bits per heavy atom. The molecule has 0 saturated carbocycles. The topological polar surface area (TPSA) is 138 Å². The van der Waals surface area contributed by atoms with Gasteiger partial charge in [0.25, 0.3) is 0 Å². The standard InChI is InChI=1S/C31H44N4O5/c1-21(36)39-27-20-24(37)10-15-31(13-4-3-7-29(31)35-30(32)33-2)14-5-6-23(27)18-22-8-9-26(38)28(19-22)40-25-11-16-34-17-12-25/h3,7-9,19,23-25,27,29,34,37-38H,4,6,10-13,15-18,20H2,1-2H3,(H3,32,33,35). The summed E-state index contributed by atoms with van der Waals surface area (Å²) in [7, 11) is 1.65. The van der Waals surface area contributed by atoms with Crippen molar-refractivity contribution < 1.29 is 24.5 Å². The van der Waals surface area contributed by atoms with Gasteiger partial charge in [0.1, 0.15) is 12.2 Å². The second kappa shape index (κ2) is 13.9. The predicted octanol–water partition coefficient (Wildman–Crippen LogP) is 2.79. The van der Waals surface area contributed by atoms with Crippen LogP contribution in [0.25, 0.3) is 0 Å². The number of rotatable bonds is 6. The number of nitrogens with zero attached hydrogens (tertiary/aromatic N) is 1. The van der Waals surface area contributed by atoms with Gasteiger partial charge in [-0.2, -0.15) is 0 Å². The zero-order valence-corrected chi connectivity index (χ0v) is 23.7. The molecule has 0 bridgehead atoms. The maximum absolute atomic E-state index is 12.1. The Morgan fingerprint density at radius 3 is 2.83 bits per heavy atom. The molecule has 9 nitrogen and oxygen atoms in total. The van der Waals surface area contributed by atoms with E-state index in [-0.39, 0.29) is 29.8 Å². The Balaban J connectivity index is 1.60. The predicted molar refractivity (Wildman–Crippen MR) is 155 cm³/mol. The minimum atomic E-state index is -0.647. The van der Waals surface area contributed by atoms with E-state index >= 15 is 0 Å². The molecule has 1 aliphatic heterocycles. The summed E-state index contributed by atoms with van der Waals surface area (Å²) in [6.07, 6.45) is 9.30. The average molecular weight is 553 g/mol. The number of carbonyl (C=O) groups is 1. The van der Waals surface area contributed by atoms with E-state index in [4.69, 9.17) is 15.2 Å². The number of aliphatic hydroxyl groups is 1. The van der Waals surface area contributed by atoms with Gasteiger partial charge in [-0.1, -0.05) is 24.1 Å². The first kappa shape index (κ1) is 29.8. The third-order valence-electron chi connectivity index (χ3n) is 8.30. The number of hydrogen-bond acceptors (Lipinski definition) is 7. The largest absolute Gasteiger partial charge is 0.504 e. The maximum atomic E-state index is 12.1. The zero-order chi connectivity index (χ0) is 28.5. The van der Waals surface area contributed by atoms with Gasteiger partial charge < -0.3 is 36.1 Å². The van der Waals surface area contributed by atoms with Crippen molar-refractivity contribution in [2.45, 2.75) is 89.1 Å². The van der Waals surface area contributed by atoms with E-state index in [1.807, 2.05) is 12.1 Å². The second-order valence-electron chi connectivity index (χ2n) is 11.3. The molecule has 1 aromatic rings. The van der Waals surface area contributed by atoms with Crippen LogP contribution < -0.4 is 21.1 Å². The Hall–Kier alpha value is -3.22. The number of aliphatic imine (C=N–C) groups is 1. The molecule has 1 heterocycles. The number of aromatic hydroxyl groups is 1. The van der Waals surface area contributed by atoms with E-state index in [0.717, 1.165) is 44.3 Å². The average Bonchev–Trinajstić information content (AvgIpc) is 2.94. The van der Waals surface area contributed by atoms with Crippen LogP contribution in [0.15, 0.2) is 35.3 Å². The Labute approximate surface area is 237 Å². The van der Waals surface area contributed by atoms with Crippen molar-refractivity contribution in [3.05, 3.63) is 35.9 Å². The van der Waals surface area contributed by atoms with E-state index in [2.05, 4.69) is 39.6 Å². The molecule has 6 N–H and O–H groups in total. The lowest BCUT2D eigenvalue weighted by molar-refractivity contribution is -0.151. The maximum Gasteiger partial charge on any atom is 0.302 e. The van der Waals surface area contributed by atoms with Crippen molar-refractivity contribution in [1.29, 1.82) is 0 Å². The van der Waals surface area contributed by atoms with Gasteiger partial charge in [-0.3, -0.25) is 9.79 Å². The number of ether oxygens (including phenoxy) is 2. The first-order valence-corrected chi connectivity index (χ1v) is 14.5. The molecule has 4 rings (SSSR count). The number of aliphatic hydroxyl groups excluding tert-OH is 1. The van der Waals surface area contributed by atoms with Crippen molar-refractivity contribution in [3.63, 3.8) is 0 Å². The Morgan fingerprint density at radius 1 is 1.27 bits per heavy atom. The molecule has 1 spiro atoms. The van der Waals surface area contributed by atoms with Crippen LogP contribution in [0.4, 0.5) is 0 Å². The van der Waals surface area contributed by atoms with E-state index in [1.54, 1.807) is 13.1 Å². The van der Waals surface area contributed by atoms with Crippen molar-refractivity contribution in [2.24, 2.45) is 22.1 Å². The summed E-state index contributed by atoms with van der Waals surface area (Å²) in [5.74, 6) is 7.44. The van der Waals surface area contributed by atoms with Gasteiger partial charge in [-0.05, 0) is 75.7 Å². The highest BCUT2D eigenvalue weighted by atomic mass is 16.5. The minimum Gasteiger partial charge on any atom is -0.504 e. The van der Waals surface area contributed by atoms with Crippen LogP contribution in [0.1, 0.15) is 63.9 Å². The molecule has 40 heavy (non-hydrogen) atoms. The first-order valence-electron chi connectivity index (χ1n) is 14.5. The molecule has 5 atom stereocenters. The van der Waals surface area contributed by atoms with Gasteiger partial charge >= 0.3 is 5.97 Å². The number of esters is 1. The van der Waals surface area contributed by atoms with Crippen LogP contribution in [0.5, 0.6) is 11.5 Å². The quantitative estimate of drug-likeness (QED) is 0.119. The van der Waals surface area contributed by atoms with Gasteiger partial charge in [0, 0.05) is 32.7 Å². The molecule has 1 fully saturated rings. The summed E-state index contributed by atoms with van der Waals surface area (Å²) < 4.78 is 11.9. The Kier molecular flexibility index (Phi) is 10.3. The third kappa shape index (κ3) is 7.92. The van der Waals surface area contributed by atoms with Crippen LogP contribution in [-0.2, 0) is 16.0 Å². The Bertz CT molecular complexity index is 1140. The summed E-state index contributed by atoms with van der Waals surface area (Å²) in [5.41, 5.74) is 6.60. The van der Waals surface area contributed by atoms with Crippen molar-refractivity contribution in [1.82, 2.24) is 10.6 Å². The normalized spacial score (nSPS) is 29.7. The molecule has 9 heteroatoms. The summed E-state index contributed by atoms with van der Waals surface area (Å²) in [4.78, 5) is 16.1. The van der Waals surface area contributed by atoms with Crippen LogP contribution in [0, 0.1) is 23.2 Å². The van der Waals surface area contributed by atoms with Gasteiger partial charge in [0.2, 0.25) is 0 Å². The number of phenols is 1. The number of piperidine rings is 1. The molecular weight excluding hydrogens is 508 g/mol. The molecule has 0 amide bonds. The number of benzene rings is 1. The van der Waals surface area contributed by atoms with Crippen LogP contribution in [0.2, 0.25) is 0 Å². The molecule has 3 aliphatic rings. The zero-order valence-electron chi connectivity index (χ0n) is 23.7. The highest BCUT2D eigenvalue weighted by Gasteiger charge is 2.39. The first-order chi connectivity index (χ1) is 19.3. The highest BCUT2D eigenvalue weighted by molar-refractivity contribution is 5.78. The lowest BCUT2D eigenvalue weighted by atomic mass is 9.69. The van der Waals surface area contributed by atoms with Crippen LogP contribution >= 0.6 is 0 Å². The fourth-order valence-electron chi connectivity index (χ4n) is 6.04. The van der Waals surface area contributed by atoms with Gasteiger partial charge in [0.05, 0.1) is 17.6 Å². The summed E-state index contributed by atoms with van der Waals surface area (Å²) >= 11 is 0. The molecule has 0 aromatic heterocycles. The van der Waals surface area contributed by atoms with E-state index in [1.165, 1.54) is 6.92 Å². The molecular formula is C31H44N4O5. The minimum absolute atomic E-state index is 0.0555. The number of phenolic OH excluding ortho intramolecular Hbond substituents is 1. The third-order valence-corrected chi connectivity index (χ3v) is 8.30. The lowest BCUT2D eigenvalue weighted by Gasteiger charge is -2.39. The fraction of sp³-hybridized carbons (Fsp3) is 0.613. The van der Waals surface area contributed by atoms with Crippen molar-refractivity contribution in [2.75, 3.05) is 20.1 Å². The molecule has 5 unspecified atom stereocenters. The number of carbonyl (C=O) groups excluding carboxylic acids is 1. The highest BCUT2D eigenvalue weighted by Crippen LogP contribution is 2.39. The molecule has 2 aliphatic carbocycles. The number of guanidine groups is 1. The fourth-order valence-corrected chi connectivity index (χ4v) is 6.04. The molecule has 0 radical (unpaired) electrons. The summed E-state index contributed by atoms with van der Waals surface area (Å²) in [6.45, 7) is 3.19. The van der Waals surface area contributed by atoms with Crippen LogP contribution in [0.3, 0.4) is 0 Å². The van der Waals surface area contributed by atoms with Crippen LogP contribution in [-0.4, -0.2) is 66.6 Å². The van der Waals surface area contributed by atoms with E-state index in [0.29, 0.717) is 43.8 Å². The van der Waals surface area contributed by atoms with Crippen molar-refractivity contribution in [3.8, 4) is 23.3 Å². The van der Waals surface area contributed by atoms with E-state index in [9.17, 15) is 15.0 Å². The summed E-state index contributed by atoms with van der Waals surface area (Å²) in [5, 5.41) is 28.2. The number of nitrogens with one attached hydrogen (secondary N) is 2. The summed E-state index contributed by atoms with van der Waals surface area (Å²) in [6, 6.07) is 5.30. The van der Waals surface area contributed by atoms with Gasteiger partial charge in [0.15, 0.2) is 17.5 Å². The molecule has 1 aromatic carbocycles. The number of allylic oxidation sites excluding steroid dienone is 1. The van der Waals surface area contributed by atoms with Gasteiger partial charge in [-0.25, -0.2) is 0 Å². The molecule has 1 saturated heterocycles. The monoisotopic (exact) mass is 552 g/mol. The number of nitrogens with two attached hydrogens (primary N) is 1. The molecule has 218 valence electrons. The smallest absolute Gasteiger partial charge is 0.302 e.